The van der Waals surface area contributed by atoms with Crippen molar-refractivity contribution < 1.29 is 0 Å². The van der Waals surface area contributed by atoms with E-state index in [2.05, 4.69) is 19.7 Å². The van der Waals surface area contributed by atoms with Gasteiger partial charge >= 0.3 is 71.0 Å². The number of allylic oxidation sites excluding steroid dienone is 3. The SMILES string of the molecule is C=C[CH2][Sn]([CH2]C=C)[CH2]C=C. The molecule has 0 aliphatic heterocycles. The van der Waals surface area contributed by atoms with Crippen LogP contribution in [-0.4, -0.2) is 19.8 Å². The second-order valence-corrected chi connectivity index (χ2v) is 10.0. The molecule has 0 aliphatic rings. The summed E-state index contributed by atoms with van der Waals surface area (Å²) in [6.45, 7) is 11.2. The van der Waals surface area contributed by atoms with Crippen molar-refractivity contribution in [2.45, 2.75) is 13.3 Å². The third-order valence-electron chi connectivity index (χ3n) is 1.30. The number of hydrogen-bond acceptors (Lipinski definition) is 0. The van der Waals surface area contributed by atoms with Crippen LogP contribution in [0.4, 0.5) is 0 Å². The van der Waals surface area contributed by atoms with Crippen LogP contribution in [0.5, 0.6) is 0 Å². The van der Waals surface area contributed by atoms with Crippen LogP contribution < -0.4 is 0 Å². The van der Waals surface area contributed by atoms with E-state index < -0.39 is 19.8 Å². The Balaban J connectivity index is 3.58. The summed E-state index contributed by atoms with van der Waals surface area (Å²) < 4.78 is 3.79. The maximum absolute atomic E-state index is 3.75. The molecule has 0 aromatic rings. The summed E-state index contributed by atoms with van der Waals surface area (Å²) in [6, 6.07) is 0. The predicted molar refractivity (Wildman–Crippen MR) is 50.8 cm³/mol. The van der Waals surface area contributed by atoms with Crippen molar-refractivity contribution in [3.8, 4) is 0 Å². The Morgan fingerprint density at radius 2 is 1.10 bits per heavy atom. The van der Waals surface area contributed by atoms with Crippen LogP contribution >= 0.6 is 0 Å². The van der Waals surface area contributed by atoms with E-state index in [1.165, 1.54) is 13.3 Å². The maximum atomic E-state index is 3.75. The van der Waals surface area contributed by atoms with E-state index in [1.807, 2.05) is 18.2 Å². The average molecular weight is 242 g/mol. The molecule has 0 amide bonds. The summed E-state index contributed by atoms with van der Waals surface area (Å²) in [5.74, 6) is 0. The molecule has 0 heterocycles. The molecule has 0 saturated carbocycles. The Bertz CT molecular complexity index is 92.1. The molecule has 0 aliphatic carbocycles. The second kappa shape index (κ2) is 7.13. The van der Waals surface area contributed by atoms with Crippen LogP contribution in [0.1, 0.15) is 0 Å². The molecule has 0 unspecified atom stereocenters. The summed E-state index contributed by atoms with van der Waals surface area (Å²) in [4.78, 5) is 0. The molecule has 0 rings (SSSR count). The fourth-order valence-electron chi connectivity index (χ4n) is 0.862. The van der Waals surface area contributed by atoms with Crippen molar-refractivity contribution in [2.75, 3.05) is 0 Å². The summed E-state index contributed by atoms with van der Waals surface area (Å²) in [5, 5.41) is 0. The molecule has 10 heavy (non-hydrogen) atoms. The predicted octanol–water partition coefficient (Wildman–Crippen LogP) is 3.04. The van der Waals surface area contributed by atoms with E-state index in [0.29, 0.717) is 0 Å². The standard InChI is InChI=1S/3C3H5.Sn/c3*1-3-2;/h3*3H,1-2H2;. The molecule has 0 N–H and O–H groups in total. The quantitative estimate of drug-likeness (QED) is 0.496. The molecule has 0 fully saturated rings. The van der Waals surface area contributed by atoms with E-state index in [4.69, 9.17) is 0 Å². The molecule has 0 aromatic carbocycles. The molecule has 1 radical (unpaired) electrons. The Hall–Kier alpha value is 0.0187. The van der Waals surface area contributed by atoms with Gasteiger partial charge in [0.2, 0.25) is 0 Å². The Labute approximate surface area is 71.1 Å². The average Bonchev–Trinajstić information content (AvgIpc) is 1.90. The van der Waals surface area contributed by atoms with Gasteiger partial charge in [0.05, 0.1) is 0 Å². The first-order chi connectivity index (χ1) is 4.85. The van der Waals surface area contributed by atoms with Crippen LogP contribution in [0.2, 0.25) is 13.3 Å². The molecule has 0 bridgehead atoms. The zero-order chi connectivity index (χ0) is 7.82. The van der Waals surface area contributed by atoms with Gasteiger partial charge in [0.15, 0.2) is 0 Å². The summed E-state index contributed by atoms with van der Waals surface area (Å²) in [7, 11) is 0. The first-order valence-electron chi connectivity index (χ1n) is 3.51. The van der Waals surface area contributed by atoms with E-state index >= 15 is 0 Å². The van der Waals surface area contributed by atoms with Gasteiger partial charge in [-0.05, 0) is 0 Å². The van der Waals surface area contributed by atoms with Gasteiger partial charge in [-0.2, -0.15) is 0 Å². The van der Waals surface area contributed by atoms with Gasteiger partial charge in [0.25, 0.3) is 0 Å². The van der Waals surface area contributed by atoms with Crippen LogP contribution in [0, 0.1) is 0 Å². The van der Waals surface area contributed by atoms with Crippen LogP contribution in [0.15, 0.2) is 38.0 Å². The van der Waals surface area contributed by atoms with Crippen molar-refractivity contribution in [1.82, 2.24) is 0 Å². The fourth-order valence-corrected chi connectivity index (χ4v) is 5.78. The summed E-state index contributed by atoms with van der Waals surface area (Å²) in [5.41, 5.74) is 0. The van der Waals surface area contributed by atoms with Crippen molar-refractivity contribution >= 4 is 19.8 Å². The van der Waals surface area contributed by atoms with Crippen molar-refractivity contribution in [3.05, 3.63) is 38.0 Å². The molecular formula is C9H15Sn. The summed E-state index contributed by atoms with van der Waals surface area (Å²) in [6.07, 6.45) is 6.13. The van der Waals surface area contributed by atoms with Crippen LogP contribution in [0.25, 0.3) is 0 Å². The topological polar surface area (TPSA) is 0 Å². The Morgan fingerprint density at radius 1 is 0.800 bits per heavy atom. The van der Waals surface area contributed by atoms with Crippen molar-refractivity contribution in [3.63, 3.8) is 0 Å². The van der Waals surface area contributed by atoms with Gasteiger partial charge in [0, 0.05) is 0 Å². The van der Waals surface area contributed by atoms with Gasteiger partial charge < -0.3 is 0 Å². The van der Waals surface area contributed by atoms with Crippen LogP contribution in [0.3, 0.4) is 0 Å². The van der Waals surface area contributed by atoms with Gasteiger partial charge in [-0.25, -0.2) is 0 Å². The summed E-state index contributed by atoms with van der Waals surface area (Å²) >= 11 is -1.11. The monoisotopic (exact) mass is 243 g/mol. The van der Waals surface area contributed by atoms with E-state index in [-0.39, 0.29) is 0 Å². The second-order valence-electron chi connectivity index (χ2n) is 2.23. The fraction of sp³-hybridized carbons (Fsp3) is 0.333. The third kappa shape index (κ3) is 4.86. The molecule has 55 valence electrons. The molecule has 1 heteroatoms. The first-order valence-corrected chi connectivity index (χ1v) is 9.56. The minimum absolute atomic E-state index is 1.11. The third-order valence-corrected chi connectivity index (χ3v) is 8.71. The Kier molecular flexibility index (Phi) is 7.14. The molecule has 0 spiro atoms. The Morgan fingerprint density at radius 3 is 1.30 bits per heavy atom. The zero-order valence-electron chi connectivity index (χ0n) is 6.47. The van der Waals surface area contributed by atoms with Gasteiger partial charge in [-0.1, -0.05) is 0 Å². The molecule has 0 nitrogen and oxygen atoms in total. The molecule has 0 saturated heterocycles. The van der Waals surface area contributed by atoms with Crippen LogP contribution in [-0.2, 0) is 0 Å². The van der Waals surface area contributed by atoms with E-state index in [9.17, 15) is 0 Å². The molecule has 0 atom stereocenters. The minimum atomic E-state index is -1.11. The normalized spacial score (nSPS) is 9.30. The first kappa shape index (κ1) is 10.0. The van der Waals surface area contributed by atoms with E-state index in [1.54, 1.807) is 0 Å². The molecular weight excluding hydrogens is 227 g/mol. The molecule has 0 aromatic heterocycles. The van der Waals surface area contributed by atoms with Gasteiger partial charge in [-0.15, -0.1) is 0 Å². The van der Waals surface area contributed by atoms with Gasteiger partial charge in [-0.3, -0.25) is 0 Å². The van der Waals surface area contributed by atoms with E-state index in [0.717, 1.165) is 0 Å². The van der Waals surface area contributed by atoms with Crippen molar-refractivity contribution in [1.29, 1.82) is 0 Å². The van der Waals surface area contributed by atoms with Gasteiger partial charge in [0.1, 0.15) is 0 Å². The number of hydrogen-bond donors (Lipinski definition) is 0. The van der Waals surface area contributed by atoms with Crippen molar-refractivity contribution in [2.24, 2.45) is 0 Å². The zero-order valence-corrected chi connectivity index (χ0v) is 9.33. The number of rotatable bonds is 6.